The average molecular weight is 246 g/mol. The predicted molar refractivity (Wildman–Crippen MR) is 54.1 cm³/mol. The molecule has 0 saturated heterocycles. The Hall–Kier alpha value is -0.580. The highest BCUT2D eigenvalue weighted by Crippen LogP contribution is 2.29. The molecule has 2 N–H and O–H groups in total. The van der Waals surface area contributed by atoms with Gasteiger partial charge in [-0.15, -0.1) is 0 Å². The van der Waals surface area contributed by atoms with E-state index in [0.717, 1.165) is 21.3 Å². The molecule has 13 heavy (non-hydrogen) atoms. The van der Waals surface area contributed by atoms with Gasteiger partial charge in [0.15, 0.2) is 0 Å². The summed E-state index contributed by atoms with van der Waals surface area (Å²) < 4.78 is 6.16. The molecule has 1 rings (SSSR count). The van der Waals surface area contributed by atoms with Crippen molar-refractivity contribution in [3.63, 3.8) is 0 Å². The van der Waals surface area contributed by atoms with E-state index < -0.39 is 0 Å². The first kappa shape index (κ1) is 10.5. The molecule has 0 aliphatic heterocycles. The van der Waals surface area contributed by atoms with Gasteiger partial charge in [-0.05, 0) is 18.6 Å². The third kappa shape index (κ3) is 2.21. The van der Waals surface area contributed by atoms with E-state index in [4.69, 9.17) is 9.94 Å². The maximum Gasteiger partial charge on any atom is 0.127 e. The Balaban J connectivity index is 3.18. The van der Waals surface area contributed by atoms with Crippen molar-refractivity contribution in [3.05, 3.63) is 27.7 Å². The summed E-state index contributed by atoms with van der Waals surface area (Å²) in [5.74, 6) is 0.802. The zero-order valence-electron chi connectivity index (χ0n) is 7.60. The maximum absolute atomic E-state index is 8.63. The summed E-state index contributed by atoms with van der Waals surface area (Å²) in [6.45, 7) is 2.33. The summed E-state index contributed by atoms with van der Waals surface area (Å²) in [7, 11) is 1.62. The van der Waals surface area contributed by atoms with Crippen molar-refractivity contribution < 1.29 is 9.94 Å². The Morgan fingerprint density at radius 1 is 1.54 bits per heavy atom. The van der Waals surface area contributed by atoms with Gasteiger partial charge in [-0.3, -0.25) is 0 Å². The minimum Gasteiger partial charge on any atom is -0.496 e. The fraction of sp³-hybridized carbons (Fsp3) is 0.333. The second-order valence-electron chi connectivity index (χ2n) is 2.71. The summed E-state index contributed by atoms with van der Waals surface area (Å²) in [4.78, 5) is 0. The molecule has 0 saturated carbocycles. The lowest BCUT2D eigenvalue weighted by molar-refractivity contribution is 0.160. The van der Waals surface area contributed by atoms with Crippen LogP contribution in [0, 0.1) is 6.92 Å². The van der Waals surface area contributed by atoms with E-state index in [0.29, 0.717) is 6.54 Å². The topological polar surface area (TPSA) is 41.5 Å². The number of methoxy groups -OCH3 is 1. The molecule has 0 unspecified atom stereocenters. The predicted octanol–water partition coefficient (Wildman–Crippen LogP) is 2.24. The first-order valence-corrected chi connectivity index (χ1v) is 4.69. The second kappa shape index (κ2) is 4.60. The lowest BCUT2D eigenvalue weighted by atomic mass is 10.1. The van der Waals surface area contributed by atoms with Crippen LogP contribution in [0.2, 0.25) is 0 Å². The van der Waals surface area contributed by atoms with Crippen LogP contribution in [0.1, 0.15) is 11.1 Å². The van der Waals surface area contributed by atoms with Gasteiger partial charge in [0.05, 0.1) is 13.7 Å². The third-order valence-electron chi connectivity index (χ3n) is 1.86. The normalized spacial score (nSPS) is 10.2. The van der Waals surface area contributed by atoms with E-state index in [1.807, 2.05) is 19.1 Å². The smallest absolute Gasteiger partial charge is 0.127 e. The summed E-state index contributed by atoms with van der Waals surface area (Å²) in [6.07, 6.45) is 0. The molecule has 0 atom stereocenters. The number of hydrogen-bond donors (Lipinski definition) is 2. The molecule has 0 heterocycles. The highest BCUT2D eigenvalue weighted by atomic mass is 79.9. The second-order valence-corrected chi connectivity index (χ2v) is 3.57. The van der Waals surface area contributed by atoms with Crippen LogP contribution in [-0.4, -0.2) is 12.3 Å². The van der Waals surface area contributed by atoms with Gasteiger partial charge in [0.25, 0.3) is 0 Å². The molecule has 0 radical (unpaired) electrons. The number of ether oxygens (including phenoxy) is 1. The minimum atomic E-state index is 0.367. The van der Waals surface area contributed by atoms with Crippen LogP contribution in [0.15, 0.2) is 16.6 Å². The van der Waals surface area contributed by atoms with Crippen molar-refractivity contribution in [2.24, 2.45) is 0 Å². The lowest BCUT2D eigenvalue weighted by Gasteiger charge is -2.12. The van der Waals surface area contributed by atoms with Gasteiger partial charge in [0.2, 0.25) is 0 Å². The molecule has 4 heteroatoms. The highest BCUT2D eigenvalue weighted by Gasteiger charge is 2.09. The molecule has 0 aliphatic carbocycles. The van der Waals surface area contributed by atoms with Crippen LogP contribution in [-0.2, 0) is 6.54 Å². The van der Waals surface area contributed by atoms with Gasteiger partial charge in [0.1, 0.15) is 5.75 Å². The lowest BCUT2D eigenvalue weighted by Crippen LogP contribution is -2.08. The largest absolute Gasteiger partial charge is 0.496 e. The standard InChI is InChI=1S/C9H12BrNO2/c1-6-3-4-8(10)7(5-11-12)9(6)13-2/h3-4,11-12H,5H2,1-2H3. The zero-order valence-corrected chi connectivity index (χ0v) is 9.18. The number of rotatable bonds is 3. The molecule has 0 amide bonds. The third-order valence-corrected chi connectivity index (χ3v) is 2.60. The van der Waals surface area contributed by atoms with Crippen molar-refractivity contribution in [1.29, 1.82) is 0 Å². The zero-order chi connectivity index (χ0) is 9.84. The number of hydroxylamine groups is 1. The molecule has 1 aromatic carbocycles. The molecule has 0 spiro atoms. The van der Waals surface area contributed by atoms with E-state index in [1.165, 1.54) is 0 Å². The highest BCUT2D eigenvalue weighted by molar-refractivity contribution is 9.10. The van der Waals surface area contributed by atoms with Crippen LogP contribution in [0.5, 0.6) is 5.75 Å². The molecule has 72 valence electrons. The monoisotopic (exact) mass is 245 g/mol. The fourth-order valence-electron chi connectivity index (χ4n) is 1.25. The molecule has 0 aliphatic rings. The number of aryl methyl sites for hydroxylation is 1. The first-order chi connectivity index (χ1) is 6.20. The van der Waals surface area contributed by atoms with Crippen LogP contribution < -0.4 is 10.2 Å². The number of hydrogen-bond acceptors (Lipinski definition) is 3. The van der Waals surface area contributed by atoms with Crippen molar-refractivity contribution in [2.75, 3.05) is 7.11 Å². The van der Waals surface area contributed by atoms with Gasteiger partial charge in [-0.1, -0.05) is 22.0 Å². The fourth-order valence-corrected chi connectivity index (χ4v) is 1.70. The molecule has 1 aromatic rings. The minimum absolute atomic E-state index is 0.367. The number of nitrogens with one attached hydrogen (secondary N) is 1. The van der Waals surface area contributed by atoms with Crippen LogP contribution in [0.4, 0.5) is 0 Å². The Morgan fingerprint density at radius 3 is 2.77 bits per heavy atom. The maximum atomic E-state index is 8.63. The van der Waals surface area contributed by atoms with E-state index in [2.05, 4.69) is 21.4 Å². The Labute approximate surface area is 85.8 Å². The van der Waals surface area contributed by atoms with Gasteiger partial charge in [-0.25, -0.2) is 5.48 Å². The summed E-state index contributed by atoms with van der Waals surface area (Å²) >= 11 is 3.39. The van der Waals surface area contributed by atoms with Crippen LogP contribution in [0.3, 0.4) is 0 Å². The molecule has 3 nitrogen and oxygen atoms in total. The SMILES string of the molecule is COc1c(C)ccc(Br)c1CNO. The summed E-state index contributed by atoms with van der Waals surface area (Å²) in [6, 6.07) is 3.90. The van der Waals surface area contributed by atoms with Crippen molar-refractivity contribution in [3.8, 4) is 5.75 Å². The summed E-state index contributed by atoms with van der Waals surface area (Å²) in [5.41, 5.74) is 4.09. The van der Waals surface area contributed by atoms with E-state index in [1.54, 1.807) is 7.11 Å². The van der Waals surface area contributed by atoms with E-state index in [9.17, 15) is 0 Å². The van der Waals surface area contributed by atoms with Crippen molar-refractivity contribution >= 4 is 15.9 Å². The number of halogens is 1. The first-order valence-electron chi connectivity index (χ1n) is 3.89. The molecule has 0 aromatic heterocycles. The molecule has 0 fully saturated rings. The van der Waals surface area contributed by atoms with Gasteiger partial charge >= 0.3 is 0 Å². The summed E-state index contributed by atoms with van der Waals surface area (Å²) in [5, 5.41) is 8.63. The van der Waals surface area contributed by atoms with Crippen molar-refractivity contribution in [2.45, 2.75) is 13.5 Å². The Kier molecular flexibility index (Phi) is 3.71. The molecular formula is C9H12BrNO2. The van der Waals surface area contributed by atoms with Gasteiger partial charge < -0.3 is 9.94 Å². The van der Waals surface area contributed by atoms with Crippen LogP contribution >= 0.6 is 15.9 Å². The average Bonchev–Trinajstić information content (AvgIpc) is 2.12. The van der Waals surface area contributed by atoms with Gasteiger partial charge in [0, 0.05) is 10.0 Å². The Bertz CT molecular complexity index is 302. The quantitative estimate of drug-likeness (QED) is 0.803. The Morgan fingerprint density at radius 2 is 2.23 bits per heavy atom. The molecular weight excluding hydrogens is 234 g/mol. The van der Waals surface area contributed by atoms with Crippen molar-refractivity contribution in [1.82, 2.24) is 5.48 Å². The van der Waals surface area contributed by atoms with E-state index >= 15 is 0 Å². The van der Waals surface area contributed by atoms with Gasteiger partial charge in [-0.2, -0.15) is 0 Å². The number of benzene rings is 1. The van der Waals surface area contributed by atoms with Crippen LogP contribution in [0.25, 0.3) is 0 Å². The van der Waals surface area contributed by atoms with E-state index in [-0.39, 0.29) is 0 Å². The molecule has 0 bridgehead atoms.